The number of rotatable bonds is 2. The molecule has 0 spiro atoms. The molecule has 0 aromatic rings. The number of hydrogen-bond donors (Lipinski definition) is 0. The van der Waals surface area contributed by atoms with Gasteiger partial charge in [0.1, 0.15) is 0 Å². The topological polar surface area (TPSA) is 61.8 Å². The third-order valence-electron chi connectivity index (χ3n) is 1.94. The van der Waals surface area contributed by atoms with Crippen LogP contribution in [0.3, 0.4) is 0 Å². The van der Waals surface area contributed by atoms with Crippen LogP contribution >= 0.6 is 0 Å². The molecule has 80 valence electrons. The fraction of sp³-hybridized carbons (Fsp3) is 0.778. The summed E-state index contributed by atoms with van der Waals surface area (Å²) >= 11 is 0. The van der Waals surface area contributed by atoms with Crippen molar-refractivity contribution in [2.24, 2.45) is 5.92 Å². The van der Waals surface area contributed by atoms with E-state index in [0.29, 0.717) is 6.61 Å². The van der Waals surface area contributed by atoms with Crippen LogP contribution in [0.1, 0.15) is 20.8 Å². The zero-order chi connectivity index (χ0) is 10.7. The van der Waals surface area contributed by atoms with Crippen molar-refractivity contribution < 1.29 is 23.8 Å². The van der Waals surface area contributed by atoms with Gasteiger partial charge in [-0.3, -0.25) is 9.59 Å². The van der Waals surface area contributed by atoms with Gasteiger partial charge in [-0.15, -0.1) is 0 Å². The van der Waals surface area contributed by atoms with E-state index in [2.05, 4.69) is 0 Å². The maximum absolute atomic E-state index is 10.8. The first-order chi connectivity index (χ1) is 6.50. The van der Waals surface area contributed by atoms with Gasteiger partial charge in [0.25, 0.3) is 0 Å². The molecule has 1 aliphatic rings. The maximum atomic E-state index is 10.8. The average Bonchev–Trinajstić information content (AvgIpc) is 2.34. The molecule has 3 unspecified atom stereocenters. The van der Waals surface area contributed by atoms with Gasteiger partial charge in [-0.1, -0.05) is 6.92 Å². The molecule has 5 nitrogen and oxygen atoms in total. The minimum atomic E-state index is -0.758. The summed E-state index contributed by atoms with van der Waals surface area (Å²) in [5.41, 5.74) is 0. The monoisotopic (exact) mass is 202 g/mol. The third-order valence-corrected chi connectivity index (χ3v) is 1.94. The molecule has 14 heavy (non-hydrogen) atoms. The van der Waals surface area contributed by atoms with Gasteiger partial charge in [-0.25, -0.2) is 0 Å². The average molecular weight is 202 g/mol. The van der Waals surface area contributed by atoms with E-state index in [1.165, 1.54) is 13.8 Å². The predicted octanol–water partition coefficient (Wildman–Crippen LogP) is 0.474. The Morgan fingerprint density at radius 3 is 2.29 bits per heavy atom. The van der Waals surface area contributed by atoms with Gasteiger partial charge >= 0.3 is 11.9 Å². The van der Waals surface area contributed by atoms with Crippen LogP contribution in [0.15, 0.2) is 0 Å². The molecule has 0 aliphatic carbocycles. The van der Waals surface area contributed by atoms with Gasteiger partial charge in [-0.05, 0) is 0 Å². The van der Waals surface area contributed by atoms with Crippen LogP contribution in [0.4, 0.5) is 0 Å². The van der Waals surface area contributed by atoms with Gasteiger partial charge in [0, 0.05) is 19.8 Å². The first-order valence-corrected chi connectivity index (χ1v) is 4.46. The zero-order valence-electron chi connectivity index (χ0n) is 8.48. The quantitative estimate of drug-likeness (QED) is 0.609. The van der Waals surface area contributed by atoms with E-state index in [9.17, 15) is 9.59 Å². The molecule has 3 atom stereocenters. The molecule has 5 heteroatoms. The van der Waals surface area contributed by atoms with Gasteiger partial charge < -0.3 is 14.2 Å². The Morgan fingerprint density at radius 1 is 1.21 bits per heavy atom. The van der Waals surface area contributed by atoms with Crippen molar-refractivity contribution in [2.75, 3.05) is 6.61 Å². The zero-order valence-corrected chi connectivity index (χ0v) is 8.48. The van der Waals surface area contributed by atoms with E-state index in [-0.39, 0.29) is 5.92 Å². The highest BCUT2D eigenvalue weighted by atomic mass is 16.7. The van der Waals surface area contributed by atoms with Crippen molar-refractivity contribution in [1.82, 2.24) is 0 Å². The summed E-state index contributed by atoms with van der Waals surface area (Å²) in [5.74, 6) is -0.797. The highest BCUT2D eigenvalue weighted by Crippen LogP contribution is 2.24. The van der Waals surface area contributed by atoms with Crippen LogP contribution in [0.25, 0.3) is 0 Å². The number of ether oxygens (including phenoxy) is 3. The Kier molecular flexibility index (Phi) is 3.46. The van der Waals surface area contributed by atoms with Crippen molar-refractivity contribution in [3.8, 4) is 0 Å². The first-order valence-electron chi connectivity index (χ1n) is 4.46. The van der Waals surface area contributed by atoms with Crippen LogP contribution in [0, 0.1) is 5.92 Å². The lowest BCUT2D eigenvalue weighted by Gasteiger charge is -2.19. The second-order valence-corrected chi connectivity index (χ2v) is 3.36. The van der Waals surface area contributed by atoms with Crippen LogP contribution in [0.2, 0.25) is 0 Å². The summed E-state index contributed by atoms with van der Waals surface area (Å²) < 4.78 is 15.0. The van der Waals surface area contributed by atoms with Gasteiger partial charge in [0.15, 0.2) is 6.10 Å². The summed E-state index contributed by atoms with van der Waals surface area (Å²) in [4.78, 5) is 21.5. The lowest BCUT2D eigenvalue weighted by molar-refractivity contribution is -0.190. The fourth-order valence-corrected chi connectivity index (χ4v) is 1.33. The van der Waals surface area contributed by atoms with E-state index in [4.69, 9.17) is 14.2 Å². The second-order valence-electron chi connectivity index (χ2n) is 3.36. The lowest BCUT2D eigenvalue weighted by Crippen LogP contribution is -2.33. The van der Waals surface area contributed by atoms with Crippen molar-refractivity contribution in [3.05, 3.63) is 0 Å². The Labute approximate surface area is 82.3 Å². The number of carbonyl (C=O) groups is 2. The molecule has 1 aliphatic heterocycles. The van der Waals surface area contributed by atoms with Crippen molar-refractivity contribution in [2.45, 2.75) is 33.2 Å². The van der Waals surface area contributed by atoms with Crippen LogP contribution in [-0.2, 0) is 23.8 Å². The summed E-state index contributed by atoms with van der Waals surface area (Å²) in [5, 5.41) is 0. The first kappa shape index (κ1) is 11.0. The van der Waals surface area contributed by atoms with Crippen LogP contribution in [0.5, 0.6) is 0 Å². The van der Waals surface area contributed by atoms with Gasteiger partial charge in [0.05, 0.1) is 6.61 Å². The summed E-state index contributed by atoms with van der Waals surface area (Å²) in [6.45, 7) is 4.90. The Morgan fingerprint density at radius 2 is 1.79 bits per heavy atom. The van der Waals surface area contributed by atoms with Crippen molar-refractivity contribution >= 4 is 11.9 Å². The molecule has 0 radical (unpaired) electrons. The van der Waals surface area contributed by atoms with Crippen molar-refractivity contribution in [1.29, 1.82) is 0 Å². The number of hydrogen-bond acceptors (Lipinski definition) is 5. The summed E-state index contributed by atoms with van der Waals surface area (Å²) in [6.07, 6.45) is -1.25. The molecule has 0 saturated carbocycles. The molecule has 1 fully saturated rings. The number of carbonyl (C=O) groups excluding carboxylic acids is 2. The van der Waals surface area contributed by atoms with Crippen LogP contribution < -0.4 is 0 Å². The molecule has 0 N–H and O–H groups in total. The smallest absolute Gasteiger partial charge is 0.305 e. The molecule has 0 aromatic heterocycles. The lowest BCUT2D eigenvalue weighted by atomic mass is 10.1. The fourth-order valence-electron chi connectivity index (χ4n) is 1.33. The maximum Gasteiger partial charge on any atom is 0.305 e. The van der Waals surface area contributed by atoms with E-state index >= 15 is 0 Å². The Hall–Kier alpha value is -1.10. The predicted molar refractivity (Wildman–Crippen MR) is 46.2 cm³/mol. The third kappa shape index (κ3) is 2.70. The van der Waals surface area contributed by atoms with Gasteiger partial charge in [-0.2, -0.15) is 0 Å². The van der Waals surface area contributed by atoms with E-state index in [1.807, 2.05) is 6.92 Å². The summed E-state index contributed by atoms with van der Waals surface area (Å²) in [7, 11) is 0. The van der Waals surface area contributed by atoms with Crippen LogP contribution in [-0.4, -0.2) is 30.9 Å². The molecule has 1 heterocycles. The Balaban J connectivity index is 2.56. The highest BCUT2D eigenvalue weighted by molar-refractivity contribution is 5.67. The SMILES string of the molecule is CC(=O)OC1OCC(C)C1OC(C)=O. The molecular formula is C9H14O5. The standard InChI is InChI=1S/C9H14O5/c1-5-4-12-9(14-7(3)11)8(5)13-6(2)10/h5,8-9H,4H2,1-3H3. The van der Waals surface area contributed by atoms with E-state index in [1.54, 1.807) is 0 Å². The van der Waals surface area contributed by atoms with Gasteiger partial charge in [0.2, 0.25) is 6.29 Å². The van der Waals surface area contributed by atoms with E-state index in [0.717, 1.165) is 0 Å². The minimum absolute atomic E-state index is 0.0447. The van der Waals surface area contributed by atoms with E-state index < -0.39 is 24.3 Å². The molecular weight excluding hydrogens is 188 g/mol. The van der Waals surface area contributed by atoms with Crippen molar-refractivity contribution in [3.63, 3.8) is 0 Å². The molecule has 1 saturated heterocycles. The highest BCUT2D eigenvalue weighted by Gasteiger charge is 2.39. The Bertz CT molecular complexity index is 237. The summed E-state index contributed by atoms with van der Waals surface area (Å²) in [6, 6.07) is 0. The molecule has 0 bridgehead atoms. The molecule has 1 rings (SSSR count). The normalized spacial score (nSPS) is 31.2. The number of esters is 2. The molecule has 0 amide bonds. The minimum Gasteiger partial charge on any atom is -0.455 e. The largest absolute Gasteiger partial charge is 0.455 e. The second kappa shape index (κ2) is 4.41. The molecule has 0 aromatic carbocycles.